The average Bonchev–Trinajstić information content (AvgIpc) is 2.36. The summed E-state index contributed by atoms with van der Waals surface area (Å²) in [6.45, 7) is 0. The van der Waals surface area contributed by atoms with Gasteiger partial charge in [0, 0.05) is 26.9 Å². The maximum absolute atomic E-state index is 5.83. The Morgan fingerprint density at radius 2 is 2.06 bits per heavy atom. The number of halogens is 1. The third-order valence-electron chi connectivity index (χ3n) is 2.43. The highest BCUT2D eigenvalue weighted by atomic mass is 79.9. The fourth-order valence-corrected chi connectivity index (χ4v) is 3.05. The second kappa shape index (κ2) is 6.16. The minimum atomic E-state index is 0.735. The Hall–Kier alpha value is -1.13. The molecule has 0 aliphatic carbocycles. The van der Waals surface area contributed by atoms with Crippen molar-refractivity contribution in [3.8, 4) is 5.75 Å². The van der Waals surface area contributed by atoms with Crippen molar-refractivity contribution < 1.29 is 4.74 Å². The van der Waals surface area contributed by atoms with Crippen LogP contribution in [0.3, 0.4) is 0 Å². The van der Waals surface area contributed by atoms with E-state index in [0.29, 0.717) is 0 Å². The number of ether oxygens (including phenoxy) is 1. The molecule has 4 heteroatoms. The predicted octanol–water partition coefficient (Wildman–Crippen LogP) is 4.33. The van der Waals surface area contributed by atoms with Crippen LogP contribution in [0.4, 0.5) is 5.69 Å². The van der Waals surface area contributed by atoms with E-state index in [1.165, 1.54) is 4.90 Å². The SMILES string of the molecule is COc1cc(N)cc(CSc2cccc(Br)c2)c1. The second-order valence-electron chi connectivity index (χ2n) is 3.86. The van der Waals surface area contributed by atoms with Crippen LogP contribution in [0.2, 0.25) is 0 Å². The zero-order valence-corrected chi connectivity index (χ0v) is 12.4. The van der Waals surface area contributed by atoms with Crippen molar-refractivity contribution in [3.05, 3.63) is 52.5 Å². The van der Waals surface area contributed by atoms with Crippen molar-refractivity contribution >= 4 is 33.4 Å². The number of thioether (sulfide) groups is 1. The number of hydrogen-bond donors (Lipinski definition) is 1. The molecule has 0 aromatic heterocycles. The van der Waals surface area contributed by atoms with E-state index in [1.807, 2.05) is 30.3 Å². The molecule has 0 saturated carbocycles. The summed E-state index contributed by atoms with van der Waals surface area (Å²) in [5, 5.41) is 0. The zero-order chi connectivity index (χ0) is 13.0. The van der Waals surface area contributed by atoms with Gasteiger partial charge in [0.2, 0.25) is 0 Å². The maximum Gasteiger partial charge on any atom is 0.121 e. The van der Waals surface area contributed by atoms with Gasteiger partial charge in [0.1, 0.15) is 5.75 Å². The Labute approximate surface area is 120 Å². The van der Waals surface area contributed by atoms with Crippen LogP contribution in [0.5, 0.6) is 5.75 Å². The Morgan fingerprint density at radius 3 is 2.78 bits per heavy atom. The van der Waals surface area contributed by atoms with Gasteiger partial charge < -0.3 is 10.5 Å². The molecule has 0 aliphatic heterocycles. The molecule has 0 heterocycles. The van der Waals surface area contributed by atoms with Crippen LogP contribution in [-0.2, 0) is 5.75 Å². The lowest BCUT2D eigenvalue weighted by molar-refractivity contribution is 0.414. The Kier molecular flexibility index (Phi) is 4.55. The molecule has 2 N–H and O–H groups in total. The molecule has 0 fully saturated rings. The summed E-state index contributed by atoms with van der Waals surface area (Å²) in [5.41, 5.74) is 7.73. The topological polar surface area (TPSA) is 35.2 Å². The number of rotatable bonds is 4. The molecule has 18 heavy (non-hydrogen) atoms. The maximum atomic E-state index is 5.83. The standard InChI is InChI=1S/C14H14BrNOS/c1-17-13-6-10(5-12(16)8-13)9-18-14-4-2-3-11(15)7-14/h2-8H,9,16H2,1H3. The monoisotopic (exact) mass is 323 g/mol. The van der Waals surface area contributed by atoms with E-state index >= 15 is 0 Å². The summed E-state index contributed by atoms with van der Waals surface area (Å²) in [7, 11) is 1.65. The Bertz CT molecular complexity index is 545. The molecule has 0 amide bonds. The summed E-state index contributed by atoms with van der Waals surface area (Å²) in [4.78, 5) is 1.23. The summed E-state index contributed by atoms with van der Waals surface area (Å²) in [5.74, 6) is 1.68. The molecule has 2 rings (SSSR count). The Balaban J connectivity index is 2.08. The van der Waals surface area contributed by atoms with Crippen molar-refractivity contribution in [2.24, 2.45) is 0 Å². The molecule has 0 saturated heterocycles. The first-order valence-corrected chi connectivity index (χ1v) is 7.27. The first-order chi connectivity index (χ1) is 8.67. The molecule has 0 spiro atoms. The first kappa shape index (κ1) is 13.3. The minimum Gasteiger partial charge on any atom is -0.497 e. The van der Waals surface area contributed by atoms with Crippen LogP contribution in [0.15, 0.2) is 51.8 Å². The van der Waals surface area contributed by atoms with Crippen LogP contribution in [0.25, 0.3) is 0 Å². The van der Waals surface area contributed by atoms with Gasteiger partial charge in [0.05, 0.1) is 7.11 Å². The third-order valence-corrected chi connectivity index (χ3v) is 3.98. The number of nitrogen functional groups attached to an aromatic ring is 1. The van der Waals surface area contributed by atoms with E-state index in [2.05, 4.69) is 28.1 Å². The van der Waals surface area contributed by atoms with Gasteiger partial charge in [-0.2, -0.15) is 0 Å². The van der Waals surface area contributed by atoms with Crippen molar-refractivity contribution in [2.75, 3.05) is 12.8 Å². The summed E-state index contributed by atoms with van der Waals surface area (Å²) < 4.78 is 6.31. The number of anilines is 1. The third kappa shape index (κ3) is 3.68. The fourth-order valence-electron chi connectivity index (χ4n) is 1.61. The van der Waals surface area contributed by atoms with E-state index < -0.39 is 0 Å². The highest BCUT2D eigenvalue weighted by molar-refractivity contribution is 9.10. The largest absolute Gasteiger partial charge is 0.497 e. The number of nitrogens with two attached hydrogens (primary N) is 1. The predicted molar refractivity (Wildman–Crippen MR) is 81.1 cm³/mol. The molecule has 0 aliphatic rings. The number of benzene rings is 2. The van der Waals surface area contributed by atoms with Crippen LogP contribution >= 0.6 is 27.7 Å². The van der Waals surface area contributed by atoms with Crippen LogP contribution in [0, 0.1) is 0 Å². The van der Waals surface area contributed by atoms with E-state index in [0.717, 1.165) is 27.2 Å². The lowest BCUT2D eigenvalue weighted by atomic mass is 10.2. The van der Waals surface area contributed by atoms with Crippen LogP contribution in [-0.4, -0.2) is 7.11 Å². The molecule has 2 aromatic carbocycles. The van der Waals surface area contributed by atoms with E-state index in [-0.39, 0.29) is 0 Å². The van der Waals surface area contributed by atoms with Gasteiger partial charge >= 0.3 is 0 Å². The molecule has 0 unspecified atom stereocenters. The molecular formula is C14H14BrNOS. The lowest BCUT2D eigenvalue weighted by Crippen LogP contribution is -1.91. The van der Waals surface area contributed by atoms with E-state index in [4.69, 9.17) is 10.5 Å². The molecule has 0 radical (unpaired) electrons. The van der Waals surface area contributed by atoms with Crippen LogP contribution < -0.4 is 10.5 Å². The van der Waals surface area contributed by atoms with Gasteiger partial charge in [-0.15, -0.1) is 11.8 Å². The van der Waals surface area contributed by atoms with E-state index in [1.54, 1.807) is 18.9 Å². The van der Waals surface area contributed by atoms with Crippen molar-refractivity contribution in [1.29, 1.82) is 0 Å². The zero-order valence-electron chi connectivity index (χ0n) is 10.0. The summed E-state index contributed by atoms with van der Waals surface area (Å²) in [6, 6.07) is 14.1. The van der Waals surface area contributed by atoms with Gasteiger partial charge in [-0.25, -0.2) is 0 Å². The number of methoxy groups -OCH3 is 1. The van der Waals surface area contributed by atoms with Crippen molar-refractivity contribution in [3.63, 3.8) is 0 Å². The number of hydrogen-bond acceptors (Lipinski definition) is 3. The molecule has 0 bridgehead atoms. The molecule has 2 aromatic rings. The van der Waals surface area contributed by atoms with Gasteiger partial charge in [0.25, 0.3) is 0 Å². The van der Waals surface area contributed by atoms with Gasteiger partial charge in [-0.3, -0.25) is 0 Å². The second-order valence-corrected chi connectivity index (χ2v) is 5.82. The van der Waals surface area contributed by atoms with Gasteiger partial charge in [0.15, 0.2) is 0 Å². The first-order valence-electron chi connectivity index (χ1n) is 5.49. The molecule has 0 atom stereocenters. The normalized spacial score (nSPS) is 10.3. The lowest BCUT2D eigenvalue weighted by Gasteiger charge is -2.07. The van der Waals surface area contributed by atoms with Gasteiger partial charge in [-0.1, -0.05) is 22.0 Å². The van der Waals surface area contributed by atoms with Crippen molar-refractivity contribution in [1.82, 2.24) is 0 Å². The summed E-state index contributed by atoms with van der Waals surface area (Å²) >= 11 is 5.24. The van der Waals surface area contributed by atoms with Gasteiger partial charge in [-0.05, 0) is 35.9 Å². The highest BCUT2D eigenvalue weighted by Gasteiger charge is 2.01. The summed E-state index contributed by atoms with van der Waals surface area (Å²) in [6.07, 6.45) is 0. The average molecular weight is 324 g/mol. The minimum absolute atomic E-state index is 0.735. The highest BCUT2D eigenvalue weighted by Crippen LogP contribution is 2.28. The Morgan fingerprint density at radius 1 is 1.22 bits per heavy atom. The van der Waals surface area contributed by atoms with Crippen molar-refractivity contribution in [2.45, 2.75) is 10.6 Å². The quantitative estimate of drug-likeness (QED) is 0.671. The van der Waals surface area contributed by atoms with Crippen LogP contribution in [0.1, 0.15) is 5.56 Å². The molecule has 94 valence electrons. The molecule has 2 nitrogen and oxygen atoms in total. The smallest absolute Gasteiger partial charge is 0.121 e. The van der Waals surface area contributed by atoms with E-state index in [9.17, 15) is 0 Å². The fraction of sp³-hybridized carbons (Fsp3) is 0.143. The molecular weight excluding hydrogens is 310 g/mol.